The van der Waals surface area contributed by atoms with Crippen LogP contribution in [0.25, 0.3) is 56.0 Å². The van der Waals surface area contributed by atoms with Gasteiger partial charge < -0.3 is 20.5 Å². The molecule has 41 heavy (non-hydrogen) atoms. The van der Waals surface area contributed by atoms with Gasteiger partial charge in [0.05, 0.1) is 27.9 Å². The van der Waals surface area contributed by atoms with E-state index in [2.05, 4.69) is 49.5 Å². The van der Waals surface area contributed by atoms with Crippen LogP contribution in [0.4, 0.5) is 15.8 Å². The highest BCUT2D eigenvalue weighted by Gasteiger charge is 2.17. The van der Waals surface area contributed by atoms with E-state index in [1.54, 1.807) is 12.4 Å². The lowest BCUT2D eigenvalue weighted by Crippen LogP contribution is -2.20. The van der Waals surface area contributed by atoms with E-state index in [4.69, 9.17) is 9.97 Å². The first-order chi connectivity index (χ1) is 19.8. The lowest BCUT2D eigenvalue weighted by atomic mass is 10.0. The van der Waals surface area contributed by atoms with E-state index in [1.807, 2.05) is 56.6 Å². The van der Waals surface area contributed by atoms with Gasteiger partial charge in [-0.2, -0.15) is 5.10 Å². The monoisotopic (exact) mass is 549 g/mol. The van der Waals surface area contributed by atoms with Gasteiger partial charge in [0, 0.05) is 48.3 Å². The minimum Gasteiger partial charge on any atom is -0.384 e. The molecule has 0 radical (unpaired) electrons. The van der Waals surface area contributed by atoms with Gasteiger partial charge in [-0.05, 0) is 76.0 Å². The number of nitrogens with zero attached hydrogens (tertiary/aromatic N) is 5. The van der Waals surface area contributed by atoms with Crippen LogP contribution in [-0.4, -0.2) is 68.3 Å². The summed E-state index contributed by atoms with van der Waals surface area (Å²) >= 11 is 0. The minimum absolute atomic E-state index is 0.291. The minimum atomic E-state index is -0.306. The van der Waals surface area contributed by atoms with E-state index >= 15 is 0 Å². The van der Waals surface area contributed by atoms with Crippen LogP contribution in [0.15, 0.2) is 67.0 Å². The van der Waals surface area contributed by atoms with Gasteiger partial charge in [0.1, 0.15) is 11.3 Å². The number of anilines is 2. The molecule has 2 aromatic carbocycles. The fraction of sp³-hybridized carbons (Fsp3) is 0.226. The summed E-state index contributed by atoms with van der Waals surface area (Å²) in [4.78, 5) is 19.7. The molecule has 9 nitrogen and oxygen atoms in total. The van der Waals surface area contributed by atoms with Crippen molar-refractivity contribution in [2.75, 3.05) is 37.8 Å². The lowest BCUT2D eigenvalue weighted by Gasteiger charge is -2.13. The zero-order chi connectivity index (χ0) is 28.5. The van der Waals surface area contributed by atoms with Crippen LogP contribution in [0, 0.1) is 5.82 Å². The summed E-state index contributed by atoms with van der Waals surface area (Å²) in [5.41, 5.74) is 8.59. The molecule has 0 spiro atoms. The number of aromatic nitrogens is 6. The van der Waals surface area contributed by atoms with Crippen molar-refractivity contribution in [3.05, 3.63) is 72.8 Å². The molecule has 6 aromatic rings. The van der Waals surface area contributed by atoms with Gasteiger partial charge in [-0.3, -0.25) is 10.1 Å². The highest BCUT2D eigenvalue weighted by atomic mass is 19.1. The Morgan fingerprint density at radius 2 is 1.76 bits per heavy atom. The average Bonchev–Trinajstić information content (AvgIpc) is 3.56. The van der Waals surface area contributed by atoms with E-state index in [0.29, 0.717) is 29.6 Å². The molecule has 0 saturated heterocycles. The number of halogens is 1. The maximum absolute atomic E-state index is 14.7. The van der Waals surface area contributed by atoms with Gasteiger partial charge in [0.15, 0.2) is 11.5 Å². The third-order valence-electron chi connectivity index (χ3n) is 6.73. The summed E-state index contributed by atoms with van der Waals surface area (Å²) in [5.74, 6) is 0.275. The van der Waals surface area contributed by atoms with E-state index < -0.39 is 0 Å². The van der Waals surface area contributed by atoms with Crippen molar-refractivity contribution in [3.63, 3.8) is 0 Å². The Bertz CT molecular complexity index is 1840. The Labute approximate surface area is 237 Å². The number of H-pyrrole nitrogens is 2. The van der Waals surface area contributed by atoms with Crippen molar-refractivity contribution in [3.8, 4) is 33.9 Å². The number of imidazole rings is 1. The normalized spacial score (nSPS) is 11.7. The van der Waals surface area contributed by atoms with Crippen molar-refractivity contribution in [1.29, 1.82) is 0 Å². The largest absolute Gasteiger partial charge is 0.384 e. The van der Waals surface area contributed by atoms with Gasteiger partial charge >= 0.3 is 0 Å². The van der Waals surface area contributed by atoms with Crippen molar-refractivity contribution in [2.24, 2.45) is 0 Å². The number of aromatic amines is 2. The van der Waals surface area contributed by atoms with Crippen molar-refractivity contribution in [2.45, 2.75) is 19.9 Å². The summed E-state index contributed by atoms with van der Waals surface area (Å²) in [5, 5.41) is 14.3. The molecule has 4 N–H and O–H groups in total. The SMILES string of the molecule is CC(C)Nc1cncc(-c2ccc3[nH]nc(-c4nc5c(-c6cc(F)cc(NCCN(C)C)c6)cccc5[nH]4)c3n2)c1. The average molecular weight is 550 g/mol. The predicted octanol–water partition coefficient (Wildman–Crippen LogP) is 6.16. The molecule has 0 amide bonds. The molecule has 4 aromatic heterocycles. The highest BCUT2D eigenvalue weighted by Crippen LogP contribution is 2.33. The Balaban J connectivity index is 1.37. The van der Waals surface area contributed by atoms with Crippen LogP contribution in [0.2, 0.25) is 0 Å². The summed E-state index contributed by atoms with van der Waals surface area (Å²) < 4.78 is 14.7. The summed E-state index contributed by atoms with van der Waals surface area (Å²) in [6.07, 6.45) is 3.61. The maximum atomic E-state index is 14.7. The number of benzene rings is 2. The summed E-state index contributed by atoms with van der Waals surface area (Å²) in [7, 11) is 4.01. The van der Waals surface area contributed by atoms with E-state index in [1.165, 1.54) is 12.1 Å². The summed E-state index contributed by atoms with van der Waals surface area (Å²) in [6, 6.07) is 17.1. The Kier molecular flexibility index (Phi) is 7.07. The molecule has 0 bridgehead atoms. The molecule has 0 atom stereocenters. The number of hydrogen-bond acceptors (Lipinski definition) is 7. The molecule has 208 valence electrons. The smallest absolute Gasteiger partial charge is 0.161 e. The zero-order valence-corrected chi connectivity index (χ0v) is 23.5. The molecular formula is C31H32FN9. The maximum Gasteiger partial charge on any atom is 0.161 e. The fourth-order valence-corrected chi connectivity index (χ4v) is 4.87. The van der Waals surface area contributed by atoms with Crippen molar-refractivity contribution in [1.82, 2.24) is 35.0 Å². The number of hydrogen-bond donors (Lipinski definition) is 4. The third kappa shape index (κ3) is 5.59. The molecule has 10 heteroatoms. The molecule has 0 aliphatic carbocycles. The van der Waals surface area contributed by atoms with E-state index in [-0.39, 0.29) is 5.82 Å². The molecule has 0 aliphatic rings. The van der Waals surface area contributed by atoms with Crippen LogP contribution in [-0.2, 0) is 0 Å². The third-order valence-corrected chi connectivity index (χ3v) is 6.73. The van der Waals surface area contributed by atoms with Crippen LogP contribution < -0.4 is 10.6 Å². The number of likely N-dealkylation sites (N-methyl/N-ethyl adjacent to an activating group) is 1. The van der Waals surface area contributed by atoms with Crippen molar-refractivity contribution >= 4 is 33.4 Å². The number of para-hydroxylation sites is 1. The topological polar surface area (TPSA) is 110 Å². The van der Waals surface area contributed by atoms with Gasteiger partial charge in [-0.25, -0.2) is 14.4 Å². The number of fused-ring (bicyclic) bond motifs is 2. The van der Waals surface area contributed by atoms with Crippen LogP contribution in [0.3, 0.4) is 0 Å². The van der Waals surface area contributed by atoms with Gasteiger partial charge in [0.2, 0.25) is 0 Å². The molecule has 0 unspecified atom stereocenters. The lowest BCUT2D eigenvalue weighted by molar-refractivity contribution is 0.425. The second-order valence-electron chi connectivity index (χ2n) is 10.7. The molecule has 4 heterocycles. The first-order valence-electron chi connectivity index (χ1n) is 13.6. The Morgan fingerprint density at radius 3 is 2.59 bits per heavy atom. The standard InChI is InChI=1S/C31H32FN9/c1-18(2)35-23-14-20(16-33-17-23)25-8-9-27-29(36-25)30(40-39-27)31-37-26-7-5-6-24(28(26)38-31)19-12-21(32)15-22(13-19)34-10-11-41(3)4/h5-9,12-18,34-35H,10-11H2,1-4H3,(H,37,38)(H,39,40). The van der Waals surface area contributed by atoms with Crippen LogP contribution in [0.1, 0.15) is 13.8 Å². The zero-order valence-electron chi connectivity index (χ0n) is 23.5. The van der Waals surface area contributed by atoms with Crippen LogP contribution in [0.5, 0.6) is 0 Å². The molecule has 0 fully saturated rings. The van der Waals surface area contributed by atoms with E-state index in [0.717, 1.165) is 56.9 Å². The predicted molar refractivity (Wildman–Crippen MR) is 163 cm³/mol. The highest BCUT2D eigenvalue weighted by molar-refractivity contribution is 5.96. The molecule has 0 aliphatic heterocycles. The Hall–Kier alpha value is -4.83. The quantitative estimate of drug-likeness (QED) is 0.171. The summed E-state index contributed by atoms with van der Waals surface area (Å²) in [6.45, 7) is 5.73. The fourth-order valence-electron chi connectivity index (χ4n) is 4.87. The number of pyridine rings is 2. The second kappa shape index (κ2) is 11.0. The molecule has 6 rings (SSSR count). The van der Waals surface area contributed by atoms with Gasteiger partial charge in [0.25, 0.3) is 0 Å². The molecular weight excluding hydrogens is 517 g/mol. The van der Waals surface area contributed by atoms with E-state index in [9.17, 15) is 4.39 Å². The van der Waals surface area contributed by atoms with Gasteiger partial charge in [-0.1, -0.05) is 12.1 Å². The second-order valence-corrected chi connectivity index (χ2v) is 10.7. The van der Waals surface area contributed by atoms with Gasteiger partial charge in [-0.15, -0.1) is 0 Å². The molecule has 0 saturated carbocycles. The first kappa shape index (κ1) is 26.4. The Morgan fingerprint density at radius 1 is 0.902 bits per heavy atom. The number of nitrogens with one attached hydrogen (secondary N) is 4. The number of rotatable bonds is 9. The first-order valence-corrected chi connectivity index (χ1v) is 13.6. The van der Waals surface area contributed by atoms with Crippen molar-refractivity contribution < 1.29 is 4.39 Å². The van der Waals surface area contributed by atoms with Crippen LogP contribution >= 0.6 is 0 Å².